The van der Waals surface area contributed by atoms with Gasteiger partial charge in [0.1, 0.15) is 12.1 Å². The molecule has 162 valence electrons. The third-order valence-electron chi connectivity index (χ3n) is 12.3. The Balaban J connectivity index is 1.47. The van der Waals surface area contributed by atoms with Crippen molar-refractivity contribution in [3.8, 4) is 0 Å². The summed E-state index contributed by atoms with van der Waals surface area (Å²) >= 11 is 0. The molecule has 5 aliphatic carbocycles. The van der Waals surface area contributed by atoms with Crippen molar-refractivity contribution in [2.45, 2.75) is 105 Å². The first kappa shape index (κ1) is 20.3. The second-order valence-electron chi connectivity index (χ2n) is 13.0. The lowest BCUT2D eigenvalue weighted by Gasteiger charge is -2.62. The molecule has 5 aliphatic rings. The van der Waals surface area contributed by atoms with E-state index in [0.717, 1.165) is 37.4 Å². The Bertz CT molecular complexity index is 739. The molecule has 0 aliphatic heterocycles. The minimum atomic E-state index is -0.101. The summed E-state index contributed by atoms with van der Waals surface area (Å²) < 4.78 is 0. The van der Waals surface area contributed by atoms with Crippen molar-refractivity contribution >= 4 is 12.1 Å². The first-order valence-corrected chi connectivity index (χ1v) is 12.6. The first-order chi connectivity index (χ1) is 13.6. The van der Waals surface area contributed by atoms with Gasteiger partial charge in [-0.3, -0.25) is 4.79 Å². The van der Waals surface area contributed by atoms with Gasteiger partial charge in [-0.15, -0.1) is 0 Å². The number of hydrogen-bond acceptors (Lipinski definition) is 2. The van der Waals surface area contributed by atoms with Crippen molar-refractivity contribution in [1.82, 2.24) is 0 Å². The summed E-state index contributed by atoms with van der Waals surface area (Å²) in [5.41, 5.74) is 1.81. The van der Waals surface area contributed by atoms with Crippen LogP contribution in [0.5, 0.6) is 0 Å². The third-order valence-corrected chi connectivity index (χ3v) is 12.3. The lowest BCUT2D eigenvalue weighted by molar-refractivity contribution is -0.157. The maximum atomic E-state index is 12.8. The van der Waals surface area contributed by atoms with Gasteiger partial charge in [0.2, 0.25) is 0 Å². The Morgan fingerprint density at radius 1 is 0.931 bits per heavy atom. The molecule has 5 saturated carbocycles. The van der Waals surface area contributed by atoms with E-state index in [-0.39, 0.29) is 5.41 Å². The van der Waals surface area contributed by atoms with Gasteiger partial charge in [-0.1, -0.05) is 34.6 Å². The Labute approximate surface area is 178 Å². The molecule has 0 bridgehead atoms. The largest absolute Gasteiger partial charge is 0.303 e. The van der Waals surface area contributed by atoms with Crippen LogP contribution in [0.3, 0.4) is 0 Å². The molecule has 2 nitrogen and oxygen atoms in total. The highest BCUT2D eigenvalue weighted by molar-refractivity contribution is 5.86. The number of hydrogen-bond donors (Lipinski definition) is 0. The average molecular weight is 399 g/mol. The van der Waals surface area contributed by atoms with Crippen LogP contribution in [0.4, 0.5) is 0 Å². The van der Waals surface area contributed by atoms with Gasteiger partial charge in [0, 0.05) is 18.3 Å². The van der Waals surface area contributed by atoms with Gasteiger partial charge in [0.25, 0.3) is 0 Å². The molecule has 2 spiro atoms. The molecule has 0 N–H and O–H groups in total. The molecule has 29 heavy (non-hydrogen) atoms. The summed E-state index contributed by atoms with van der Waals surface area (Å²) in [5, 5.41) is 0. The van der Waals surface area contributed by atoms with Crippen LogP contribution in [0.15, 0.2) is 0 Å². The minimum absolute atomic E-state index is 0.101. The number of carbonyl (C=O) groups is 2. The zero-order valence-corrected chi connectivity index (χ0v) is 19.5. The molecule has 0 amide bonds. The molecule has 5 fully saturated rings. The van der Waals surface area contributed by atoms with E-state index in [1.807, 2.05) is 0 Å². The van der Waals surface area contributed by atoms with Crippen LogP contribution in [0.25, 0.3) is 0 Å². The highest BCUT2D eigenvalue weighted by Gasteiger charge is 2.82. The fraction of sp³-hybridized carbons (Fsp3) is 0.926. The van der Waals surface area contributed by atoms with Gasteiger partial charge >= 0.3 is 0 Å². The van der Waals surface area contributed by atoms with Crippen molar-refractivity contribution in [2.24, 2.45) is 50.7 Å². The Kier molecular flexibility index (Phi) is 4.17. The van der Waals surface area contributed by atoms with Gasteiger partial charge in [-0.25, -0.2) is 0 Å². The van der Waals surface area contributed by atoms with Gasteiger partial charge in [-0.05, 0) is 103 Å². The van der Waals surface area contributed by atoms with Crippen LogP contribution >= 0.6 is 0 Å². The quantitative estimate of drug-likeness (QED) is 0.499. The summed E-state index contributed by atoms with van der Waals surface area (Å²) in [7, 11) is 0. The highest BCUT2D eigenvalue weighted by atomic mass is 16.1. The Morgan fingerprint density at radius 3 is 2.34 bits per heavy atom. The van der Waals surface area contributed by atoms with Crippen LogP contribution < -0.4 is 0 Å². The smallest absolute Gasteiger partial charge is 0.138 e. The van der Waals surface area contributed by atoms with E-state index in [1.165, 1.54) is 51.4 Å². The molecule has 0 unspecified atom stereocenters. The van der Waals surface area contributed by atoms with Crippen molar-refractivity contribution < 1.29 is 9.59 Å². The maximum absolute atomic E-state index is 12.8. The monoisotopic (exact) mass is 398 g/mol. The predicted octanol–water partition coefficient (Wildman–Crippen LogP) is 6.61. The first-order valence-electron chi connectivity index (χ1n) is 12.6. The Hall–Kier alpha value is -0.660. The second-order valence-corrected chi connectivity index (χ2v) is 13.0. The average Bonchev–Trinajstić information content (AvgIpc) is 3.26. The zero-order chi connectivity index (χ0) is 20.9. The summed E-state index contributed by atoms with van der Waals surface area (Å²) in [4.78, 5) is 23.7. The Morgan fingerprint density at radius 2 is 1.62 bits per heavy atom. The van der Waals surface area contributed by atoms with E-state index in [0.29, 0.717) is 39.3 Å². The molecule has 0 aromatic rings. The van der Waals surface area contributed by atoms with E-state index >= 15 is 0 Å². The van der Waals surface area contributed by atoms with E-state index in [4.69, 9.17) is 0 Å². The fourth-order valence-electron chi connectivity index (χ4n) is 10.7. The summed E-state index contributed by atoms with van der Waals surface area (Å²) in [6.45, 7) is 12.2. The van der Waals surface area contributed by atoms with Crippen LogP contribution in [-0.4, -0.2) is 12.1 Å². The molecule has 0 heterocycles. The van der Waals surface area contributed by atoms with Crippen LogP contribution in [0.2, 0.25) is 0 Å². The van der Waals surface area contributed by atoms with Crippen LogP contribution in [0, 0.1) is 50.7 Å². The molecular formula is C27H42O2. The molecule has 0 aromatic heterocycles. The number of carbonyl (C=O) groups excluding carboxylic acids is 2. The molecule has 2 heteroatoms. The molecule has 0 aromatic carbocycles. The van der Waals surface area contributed by atoms with E-state index in [1.54, 1.807) is 0 Å². The second kappa shape index (κ2) is 5.98. The van der Waals surface area contributed by atoms with Crippen molar-refractivity contribution in [3.05, 3.63) is 0 Å². The zero-order valence-electron chi connectivity index (χ0n) is 19.5. The van der Waals surface area contributed by atoms with Crippen molar-refractivity contribution in [3.63, 3.8) is 0 Å². The lowest BCUT2D eigenvalue weighted by atomic mass is 9.42. The normalized spacial score (nSPS) is 53.3. The molecule has 8 atom stereocenters. The molecular weight excluding hydrogens is 356 g/mol. The van der Waals surface area contributed by atoms with Gasteiger partial charge in [-0.2, -0.15) is 0 Å². The van der Waals surface area contributed by atoms with Gasteiger partial charge < -0.3 is 4.79 Å². The number of aldehydes is 1. The topological polar surface area (TPSA) is 34.1 Å². The fourth-order valence-corrected chi connectivity index (χ4v) is 10.7. The third kappa shape index (κ3) is 2.20. The number of fused-ring (bicyclic) bond motifs is 2. The minimum Gasteiger partial charge on any atom is -0.303 e. The van der Waals surface area contributed by atoms with E-state index in [9.17, 15) is 9.59 Å². The van der Waals surface area contributed by atoms with Crippen LogP contribution in [-0.2, 0) is 9.59 Å². The van der Waals surface area contributed by atoms with Crippen LogP contribution in [0.1, 0.15) is 105 Å². The maximum Gasteiger partial charge on any atom is 0.138 e. The van der Waals surface area contributed by atoms with Gasteiger partial charge in [0.05, 0.1) is 0 Å². The molecule has 0 saturated heterocycles. The van der Waals surface area contributed by atoms with Crippen molar-refractivity contribution in [1.29, 1.82) is 0 Å². The number of rotatable bonds is 4. The van der Waals surface area contributed by atoms with E-state index < -0.39 is 0 Å². The number of Topliss-reactive ketones (excluding diaryl/α,β-unsaturated/α-hetero) is 1. The lowest BCUT2D eigenvalue weighted by Crippen LogP contribution is -2.57. The molecule has 0 radical (unpaired) electrons. The van der Waals surface area contributed by atoms with Gasteiger partial charge in [0.15, 0.2) is 0 Å². The SMILES string of the molecule is C[C@@H](CCC=O)[C@H]1CC[C@@]2(C)[C@@H]3CC[C@@H]4C(C)(C)C(=O)CC[C@@]45C[C@@]35CC[C@]12C. The highest BCUT2D eigenvalue weighted by Crippen LogP contribution is 2.88. The van der Waals surface area contributed by atoms with E-state index in [2.05, 4.69) is 34.6 Å². The number of ketones is 1. The summed E-state index contributed by atoms with van der Waals surface area (Å²) in [5.74, 6) is 3.46. The van der Waals surface area contributed by atoms with Crippen molar-refractivity contribution in [2.75, 3.05) is 0 Å². The molecule has 5 rings (SSSR count). The summed E-state index contributed by atoms with van der Waals surface area (Å²) in [6.07, 6.45) is 14.5. The summed E-state index contributed by atoms with van der Waals surface area (Å²) in [6, 6.07) is 0. The standard InChI is InChI=1S/C27H42O2/c1-18(7-6-16-28)19-10-12-25(5)21-9-8-20-23(2,3)22(29)11-13-26(20)17-27(21,26)15-14-24(19,25)4/h16,18-21H,6-15,17H2,1-5H3/t18-,19+,20+,21-,24+,25-,26+,27-/m0/s1. The predicted molar refractivity (Wildman–Crippen MR) is 116 cm³/mol.